The van der Waals surface area contributed by atoms with Crippen LogP contribution < -0.4 is 5.73 Å². The molecule has 0 saturated carbocycles. The van der Waals surface area contributed by atoms with Gasteiger partial charge < -0.3 is 10.3 Å². The van der Waals surface area contributed by atoms with Gasteiger partial charge in [-0.2, -0.15) is 4.98 Å². The molecule has 0 radical (unpaired) electrons. The summed E-state index contributed by atoms with van der Waals surface area (Å²) < 4.78 is 5.26. The Labute approximate surface area is 127 Å². The summed E-state index contributed by atoms with van der Waals surface area (Å²) in [6, 6.07) is 16.9. The molecule has 0 aliphatic rings. The predicted molar refractivity (Wildman–Crippen MR) is 81.8 cm³/mol. The van der Waals surface area contributed by atoms with Gasteiger partial charge in [0.05, 0.1) is 6.04 Å². The summed E-state index contributed by atoms with van der Waals surface area (Å²) in [7, 11) is 0. The van der Waals surface area contributed by atoms with Crippen LogP contribution in [0.4, 0.5) is 0 Å². The molecule has 0 aliphatic heterocycles. The second-order valence-electron chi connectivity index (χ2n) is 4.76. The number of nitrogens with two attached hydrogens (primary N) is 1. The smallest absolute Gasteiger partial charge is 0.244 e. The standard InChI is InChI=1S/C16H14ClN3O/c17-13-8-6-12(7-9-13)15-19-16(21-20-15)14(18)10-11-4-2-1-3-5-11/h1-9,14H,10,18H2. The van der Waals surface area contributed by atoms with E-state index in [4.69, 9.17) is 21.9 Å². The van der Waals surface area contributed by atoms with Crippen molar-refractivity contribution in [1.82, 2.24) is 10.1 Å². The topological polar surface area (TPSA) is 64.9 Å². The maximum Gasteiger partial charge on any atom is 0.244 e. The summed E-state index contributed by atoms with van der Waals surface area (Å²) >= 11 is 5.86. The molecule has 3 rings (SSSR count). The van der Waals surface area contributed by atoms with E-state index in [0.29, 0.717) is 23.2 Å². The fourth-order valence-electron chi connectivity index (χ4n) is 2.06. The molecule has 4 nitrogen and oxygen atoms in total. The second-order valence-corrected chi connectivity index (χ2v) is 5.20. The Morgan fingerprint density at radius 1 is 1.05 bits per heavy atom. The molecule has 0 amide bonds. The van der Waals surface area contributed by atoms with Gasteiger partial charge in [-0.15, -0.1) is 0 Å². The minimum atomic E-state index is -0.319. The highest BCUT2D eigenvalue weighted by Crippen LogP contribution is 2.21. The molecule has 106 valence electrons. The summed E-state index contributed by atoms with van der Waals surface area (Å²) in [5.41, 5.74) is 8.11. The Morgan fingerprint density at radius 2 is 1.76 bits per heavy atom. The van der Waals surface area contributed by atoms with Gasteiger partial charge in [0.1, 0.15) is 0 Å². The van der Waals surface area contributed by atoms with E-state index >= 15 is 0 Å². The van der Waals surface area contributed by atoms with E-state index < -0.39 is 0 Å². The highest BCUT2D eigenvalue weighted by Gasteiger charge is 2.16. The third-order valence-corrected chi connectivity index (χ3v) is 3.41. The van der Waals surface area contributed by atoms with Crippen molar-refractivity contribution >= 4 is 11.6 Å². The highest BCUT2D eigenvalue weighted by molar-refractivity contribution is 6.30. The van der Waals surface area contributed by atoms with Crippen LogP contribution in [0.2, 0.25) is 5.02 Å². The average Bonchev–Trinajstić information content (AvgIpc) is 2.99. The lowest BCUT2D eigenvalue weighted by molar-refractivity contribution is 0.354. The number of aromatic nitrogens is 2. The van der Waals surface area contributed by atoms with Gasteiger partial charge in [0.2, 0.25) is 11.7 Å². The summed E-state index contributed by atoms with van der Waals surface area (Å²) in [6.45, 7) is 0. The number of nitrogens with zero attached hydrogens (tertiary/aromatic N) is 2. The van der Waals surface area contributed by atoms with Gasteiger partial charge >= 0.3 is 0 Å². The maximum absolute atomic E-state index is 6.13. The Hall–Kier alpha value is -2.17. The molecular formula is C16H14ClN3O. The molecule has 5 heteroatoms. The molecule has 2 aromatic carbocycles. The van der Waals surface area contributed by atoms with Crippen LogP contribution in [0.5, 0.6) is 0 Å². The number of halogens is 1. The molecule has 1 heterocycles. The molecule has 21 heavy (non-hydrogen) atoms. The van der Waals surface area contributed by atoms with E-state index in [1.165, 1.54) is 0 Å². The number of hydrogen-bond donors (Lipinski definition) is 1. The summed E-state index contributed by atoms with van der Waals surface area (Å²) in [6.07, 6.45) is 0.656. The molecule has 0 spiro atoms. The van der Waals surface area contributed by atoms with Crippen molar-refractivity contribution in [2.75, 3.05) is 0 Å². The SMILES string of the molecule is NC(Cc1ccccc1)c1nc(-c2ccc(Cl)cc2)no1. The fraction of sp³-hybridized carbons (Fsp3) is 0.125. The Kier molecular flexibility index (Phi) is 3.99. The zero-order valence-electron chi connectivity index (χ0n) is 11.2. The van der Waals surface area contributed by atoms with Crippen LogP contribution >= 0.6 is 11.6 Å². The number of benzene rings is 2. The van der Waals surface area contributed by atoms with E-state index in [2.05, 4.69) is 10.1 Å². The number of rotatable bonds is 4. The third kappa shape index (κ3) is 3.29. The van der Waals surface area contributed by atoms with Crippen molar-refractivity contribution in [3.8, 4) is 11.4 Å². The molecule has 2 N–H and O–H groups in total. The normalized spacial score (nSPS) is 12.3. The van der Waals surface area contributed by atoms with Crippen LogP contribution in [-0.2, 0) is 6.42 Å². The van der Waals surface area contributed by atoms with Crippen LogP contribution in [0, 0.1) is 0 Å². The van der Waals surface area contributed by atoms with Gasteiger partial charge in [-0.1, -0.05) is 47.1 Å². The Bertz CT molecular complexity index is 710. The second kappa shape index (κ2) is 6.08. The van der Waals surface area contributed by atoms with Crippen molar-refractivity contribution < 1.29 is 4.52 Å². The molecule has 0 fully saturated rings. The zero-order valence-corrected chi connectivity index (χ0v) is 12.0. The van der Waals surface area contributed by atoms with Gasteiger partial charge in [0.15, 0.2) is 0 Å². The molecule has 0 bridgehead atoms. The number of hydrogen-bond acceptors (Lipinski definition) is 4. The first-order chi connectivity index (χ1) is 10.2. The fourth-order valence-corrected chi connectivity index (χ4v) is 2.18. The zero-order chi connectivity index (χ0) is 14.7. The van der Waals surface area contributed by atoms with Crippen molar-refractivity contribution in [1.29, 1.82) is 0 Å². The monoisotopic (exact) mass is 299 g/mol. The first-order valence-corrected chi connectivity index (χ1v) is 6.99. The lowest BCUT2D eigenvalue weighted by atomic mass is 10.1. The van der Waals surface area contributed by atoms with E-state index in [1.807, 2.05) is 42.5 Å². The predicted octanol–water partition coefficient (Wildman–Crippen LogP) is 3.63. The quantitative estimate of drug-likeness (QED) is 0.799. The summed E-state index contributed by atoms with van der Waals surface area (Å²) in [5, 5.41) is 4.64. The van der Waals surface area contributed by atoms with Crippen LogP contribution in [0.15, 0.2) is 59.1 Å². The van der Waals surface area contributed by atoms with Crippen molar-refractivity contribution in [2.24, 2.45) is 5.73 Å². The van der Waals surface area contributed by atoms with Gasteiger partial charge in [-0.05, 0) is 36.2 Å². The van der Waals surface area contributed by atoms with Gasteiger partial charge in [-0.25, -0.2) is 0 Å². The summed E-state index contributed by atoms with van der Waals surface area (Å²) in [4.78, 5) is 4.36. The van der Waals surface area contributed by atoms with Crippen LogP contribution in [0.1, 0.15) is 17.5 Å². The first-order valence-electron chi connectivity index (χ1n) is 6.61. The molecule has 1 unspecified atom stereocenters. The minimum absolute atomic E-state index is 0.319. The summed E-state index contributed by atoms with van der Waals surface area (Å²) in [5.74, 6) is 0.953. The minimum Gasteiger partial charge on any atom is -0.337 e. The maximum atomic E-state index is 6.13. The van der Waals surface area contributed by atoms with Gasteiger partial charge in [-0.3, -0.25) is 0 Å². The molecule has 1 atom stereocenters. The molecule has 3 aromatic rings. The van der Waals surface area contributed by atoms with E-state index in [-0.39, 0.29) is 6.04 Å². The van der Waals surface area contributed by atoms with Crippen molar-refractivity contribution in [3.63, 3.8) is 0 Å². The van der Waals surface area contributed by atoms with Crippen LogP contribution in [0.25, 0.3) is 11.4 Å². The first kappa shape index (κ1) is 13.8. The highest BCUT2D eigenvalue weighted by atomic mass is 35.5. The molecule has 1 aromatic heterocycles. The van der Waals surface area contributed by atoms with Gasteiger partial charge in [0.25, 0.3) is 0 Å². The molecule has 0 aliphatic carbocycles. The van der Waals surface area contributed by atoms with Crippen LogP contribution in [0.3, 0.4) is 0 Å². The Morgan fingerprint density at radius 3 is 2.48 bits per heavy atom. The van der Waals surface area contributed by atoms with Gasteiger partial charge in [0, 0.05) is 10.6 Å². The molecule has 0 saturated heterocycles. The van der Waals surface area contributed by atoms with E-state index in [1.54, 1.807) is 12.1 Å². The Balaban J connectivity index is 1.76. The van der Waals surface area contributed by atoms with Crippen molar-refractivity contribution in [3.05, 3.63) is 71.1 Å². The lowest BCUT2D eigenvalue weighted by Gasteiger charge is -2.05. The van der Waals surface area contributed by atoms with Crippen molar-refractivity contribution in [2.45, 2.75) is 12.5 Å². The van der Waals surface area contributed by atoms with E-state index in [0.717, 1.165) is 11.1 Å². The third-order valence-electron chi connectivity index (χ3n) is 3.16. The molecular weight excluding hydrogens is 286 g/mol. The largest absolute Gasteiger partial charge is 0.337 e. The average molecular weight is 300 g/mol. The van der Waals surface area contributed by atoms with E-state index in [9.17, 15) is 0 Å². The lowest BCUT2D eigenvalue weighted by Crippen LogP contribution is -2.13. The van der Waals surface area contributed by atoms with Crippen LogP contribution in [-0.4, -0.2) is 10.1 Å².